The molecule has 1 N–H and O–H groups in total. The van der Waals surface area contributed by atoms with E-state index >= 15 is 0 Å². The maximum absolute atomic E-state index is 11.3. The van der Waals surface area contributed by atoms with Crippen molar-refractivity contribution in [2.24, 2.45) is 0 Å². The fraction of sp³-hybridized carbons (Fsp3) is 0.500. The first kappa shape index (κ1) is 11.6. The third-order valence-electron chi connectivity index (χ3n) is 1.53. The van der Waals surface area contributed by atoms with Crippen molar-refractivity contribution in [3.63, 3.8) is 0 Å². The van der Waals surface area contributed by atoms with Crippen LogP contribution in [0, 0.1) is 0 Å². The summed E-state index contributed by atoms with van der Waals surface area (Å²) in [5.41, 5.74) is 0. The van der Waals surface area contributed by atoms with E-state index in [4.69, 9.17) is 5.11 Å². The minimum Gasteiger partial charge on any atom is -0.387 e. The molecular weight excluding hydrogens is 172 g/mol. The summed E-state index contributed by atoms with van der Waals surface area (Å²) in [4.78, 5) is 24.4. The number of likely N-dealkylation sites (N-methyl/N-ethyl adjacent to an activating group) is 2. The van der Waals surface area contributed by atoms with E-state index in [9.17, 15) is 9.59 Å². The van der Waals surface area contributed by atoms with Crippen molar-refractivity contribution in [3.05, 3.63) is 12.7 Å². The van der Waals surface area contributed by atoms with Crippen LogP contribution in [-0.2, 0) is 4.79 Å². The van der Waals surface area contributed by atoms with Crippen molar-refractivity contribution in [3.8, 4) is 0 Å². The van der Waals surface area contributed by atoms with Crippen LogP contribution >= 0.6 is 0 Å². The zero-order valence-corrected chi connectivity index (χ0v) is 7.86. The predicted octanol–water partition coefficient (Wildman–Crippen LogP) is -0.325. The van der Waals surface area contributed by atoms with Gasteiger partial charge in [-0.05, 0) is 0 Å². The molecular formula is C8H14N2O3. The van der Waals surface area contributed by atoms with E-state index in [2.05, 4.69) is 6.58 Å². The van der Waals surface area contributed by atoms with Crippen molar-refractivity contribution in [1.82, 2.24) is 9.80 Å². The van der Waals surface area contributed by atoms with Crippen molar-refractivity contribution < 1.29 is 14.7 Å². The van der Waals surface area contributed by atoms with Gasteiger partial charge in [0.05, 0.1) is 0 Å². The van der Waals surface area contributed by atoms with E-state index in [0.717, 1.165) is 4.90 Å². The van der Waals surface area contributed by atoms with Gasteiger partial charge in [0, 0.05) is 20.6 Å². The van der Waals surface area contributed by atoms with E-state index in [1.54, 1.807) is 13.1 Å². The van der Waals surface area contributed by atoms with Gasteiger partial charge >= 0.3 is 6.03 Å². The normalized spacial score (nSPS) is 9.15. The van der Waals surface area contributed by atoms with E-state index < -0.39 is 18.5 Å². The number of nitrogens with zero attached hydrogens (tertiary/aromatic N) is 2. The number of amides is 3. The number of urea groups is 1. The molecule has 0 heterocycles. The first-order chi connectivity index (χ1) is 6.04. The molecule has 0 aliphatic rings. The molecule has 13 heavy (non-hydrogen) atoms. The molecule has 0 bridgehead atoms. The first-order valence-electron chi connectivity index (χ1n) is 3.78. The predicted molar refractivity (Wildman–Crippen MR) is 48.1 cm³/mol. The third-order valence-corrected chi connectivity index (χ3v) is 1.53. The number of aliphatic hydroxyl groups is 1. The second kappa shape index (κ2) is 5.31. The number of hydrogen-bond donors (Lipinski definition) is 1. The molecule has 0 aliphatic carbocycles. The van der Waals surface area contributed by atoms with E-state index in [1.165, 1.54) is 11.9 Å². The van der Waals surface area contributed by atoms with E-state index in [1.807, 2.05) is 0 Å². The fourth-order valence-electron chi connectivity index (χ4n) is 0.741. The molecule has 0 saturated carbocycles. The van der Waals surface area contributed by atoms with Crippen molar-refractivity contribution in [2.75, 3.05) is 27.2 Å². The lowest BCUT2D eigenvalue weighted by molar-refractivity contribution is -0.130. The van der Waals surface area contributed by atoms with Crippen LogP contribution in [0.2, 0.25) is 0 Å². The Kier molecular flexibility index (Phi) is 4.76. The van der Waals surface area contributed by atoms with Gasteiger partial charge in [-0.2, -0.15) is 0 Å². The summed E-state index contributed by atoms with van der Waals surface area (Å²) in [5.74, 6) is -0.624. The summed E-state index contributed by atoms with van der Waals surface area (Å²) in [7, 11) is 2.87. The Hall–Kier alpha value is -1.36. The average molecular weight is 186 g/mol. The largest absolute Gasteiger partial charge is 0.387 e. The van der Waals surface area contributed by atoms with Gasteiger partial charge in [-0.15, -0.1) is 6.58 Å². The number of hydrogen-bond acceptors (Lipinski definition) is 3. The molecule has 0 aliphatic heterocycles. The van der Waals surface area contributed by atoms with Crippen LogP contribution < -0.4 is 0 Å². The minimum atomic E-state index is -0.663. The molecule has 3 amide bonds. The van der Waals surface area contributed by atoms with Gasteiger partial charge in [0.25, 0.3) is 5.91 Å². The number of rotatable bonds is 3. The monoisotopic (exact) mass is 186 g/mol. The lowest BCUT2D eigenvalue weighted by Crippen LogP contribution is -2.43. The van der Waals surface area contributed by atoms with Crippen LogP contribution in [0.5, 0.6) is 0 Å². The van der Waals surface area contributed by atoms with Gasteiger partial charge in [0.15, 0.2) is 0 Å². The van der Waals surface area contributed by atoms with Crippen molar-refractivity contribution in [2.45, 2.75) is 0 Å². The molecule has 5 nitrogen and oxygen atoms in total. The Labute approximate surface area is 77.2 Å². The average Bonchev–Trinajstić information content (AvgIpc) is 2.14. The van der Waals surface area contributed by atoms with E-state index in [-0.39, 0.29) is 0 Å². The molecule has 0 saturated heterocycles. The molecule has 5 heteroatoms. The van der Waals surface area contributed by atoms with Gasteiger partial charge in [-0.25, -0.2) is 4.79 Å². The highest BCUT2D eigenvalue weighted by molar-refractivity contribution is 5.94. The second-order valence-electron chi connectivity index (χ2n) is 2.56. The quantitative estimate of drug-likeness (QED) is 0.614. The first-order valence-corrected chi connectivity index (χ1v) is 3.78. The van der Waals surface area contributed by atoms with Crippen molar-refractivity contribution in [1.29, 1.82) is 0 Å². The Morgan fingerprint density at radius 2 is 2.00 bits per heavy atom. The lowest BCUT2D eigenvalue weighted by Gasteiger charge is -2.21. The third kappa shape index (κ3) is 3.25. The highest BCUT2D eigenvalue weighted by Gasteiger charge is 2.18. The van der Waals surface area contributed by atoms with Gasteiger partial charge < -0.3 is 10.0 Å². The van der Waals surface area contributed by atoms with Crippen LogP contribution in [-0.4, -0.2) is 54.1 Å². The summed E-state index contributed by atoms with van der Waals surface area (Å²) in [6, 6.07) is -0.459. The topological polar surface area (TPSA) is 60.9 Å². The van der Waals surface area contributed by atoms with Gasteiger partial charge in [-0.3, -0.25) is 9.69 Å². The highest BCUT2D eigenvalue weighted by atomic mass is 16.3. The van der Waals surface area contributed by atoms with E-state index in [0.29, 0.717) is 6.54 Å². The smallest absolute Gasteiger partial charge is 0.326 e. The van der Waals surface area contributed by atoms with Gasteiger partial charge in [0.1, 0.15) is 6.61 Å². The molecule has 0 spiro atoms. The molecule has 0 fully saturated rings. The summed E-state index contributed by atoms with van der Waals surface area (Å²) in [6.07, 6.45) is 1.55. The lowest BCUT2D eigenvalue weighted by atomic mass is 10.5. The van der Waals surface area contributed by atoms with Crippen LogP contribution in [0.3, 0.4) is 0 Å². The maximum Gasteiger partial charge on any atom is 0.326 e. The number of carbonyl (C=O) groups is 2. The van der Waals surface area contributed by atoms with Crippen LogP contribution in [0.1, 0.15) is 0 Å². The number of carbonyl (C=O) groups excluding carboxylic acids is 2. The fourth-order valence-corrected chi connectivity index (χ4v) is 0.741. The zero-order valence-electron chi connectivity index (χ0n) is 7.86. The second-order valence-corrected chi connectivity index (χ2v) is 2.56. The summed E-state index contributed by atoms with van der Waals surface area (Å²) in [6.45, 7) is 3.16. The molecule has 0 unspecified atom stereocenters. The number of aliphatic hydroxyl groups excluding tert-OH is 1. The standard InChI is InChI=1S/C8H14N2O3/c1-4-5-9(2)8(13)10(3)7(12)6-11/h4,11H,1,5-6H2,2-3H3. The molecule has 0 aromatic heterocycles. The Morgan fingerprint density at radius 1 is 1.46 bits per heavy atom. The molecule has 0 aromatic carbocycles. The summed E-state index contributed by atoms with van der Waals surface area (Å²) in [5, 5.41) is 8.48. The molecule has 0 aromatic rings. The molecule has 0 atom stereocenters. The van der Waals surface area contributed by atoms with Crippen LogP contribution in [0.4, 0.5) is 4.79 Å². The Bertz CT molecular complexity index is 215. The molecule has 74 valence electrons. The Morgan fingerprint density at radius 3 is 2.38 bits per heavy atom. The summed E-state index contributed by atoms with van der Waals surface area (Å²) < 4.78 is 0. The van der Waals surface area contributed by atoms with Gasteiger partial charge in [-0.1, -0.05) is 6.08 Å². The summed E-state index contributed by atoms with van der Waals surface area (Å²) >= 11 is 0. The zero-order chi connectivity index (χ0) is 10.4. The number of imide groups is 1. The van der Waals surface area contributed by atoms with Crippen LogP contribution in [0.25, 0.3) is 0 Å². The SMILES string of the molecule is C=CCN(C)C(=O)N(C)C(=O)CO. The highest BCUT2D eigenvalue weighted by Crippen LogP contribution is 1.94. The molecule has 0 rings (SSSR count). The van der Waals surface area contributed by atoms with Crippen molar-refractivity contribution >= 4 is 11.9 Å². The van der Waals surface area contributed by atoms with Crippen LogP contribution in [0.15, 0.2) is 12.7 Å². The minimum absolute atomic E-state index is 0.363. The van der Waals surface area contributed by atoms with Gasteiger partial charge in [0.2, 0.25) is 0 Å². The Balaban J connectivity index is 4.24. The maximum atomic E-state index is 11.3. The molecule has 0 radical (unpaired) electrons.